The smallest absolute Gasteiger partial charge is 0.354 e. The molecule has 7 heteroatoms. The molecule has 2 N–H and O–H groups in total. The average molecular weight is 272 g/mol. The van der Waals surface area contributed by atoms with E-state index in [1.54, 1.807) is 19.9 Å². The molecule has 1 aromatic rings. The van der Waals surface area contributed by atoms with Crippen molar-refractivity contribution in [2.24, 2.45) is 0 Å². The zero-order valence-corrected chi connectivity index (χ0v) is 11.1. The largest absolute Gasteiger partial charge is 0.477 e. The second kappa shape index (κ2) is 5.81. The molecular weight excluding hydrogens is 256 g/mol. The van der Waals surface area contributed by atoms with Gasteiger partial charge in [0.05, 0.1) is 11.0 Å². The summed E-state index contributed by atoms with van der Waals surface area (Å²) in [4.78, 5) is 14.4. The van der Waals surface area contributed by atoms with E-state index in [0.717, 1.165) is 0 Å². The van der Waals surface area contributed by atoms with Gasteiger partial charge in [-0.1, -0.05) is 0 Å². The zero-order chi connectivity index (χ0) is 13.8. The van der Waals surface area contributed by atoms with E-state index in [1.807, 2.05) is 0 Å². The van der Waals surface area contributed by atoms with Crippen molar-refractivity contribution in [3.63, 3.8) is 0 Å². The number of carbonyl (C=O) groups is 1. The molecule has 1 rings (SSSR count). The molecule has 0 aliphatic carbocycles. The molecule has 0 saturated heterocycles. The van der Waals surface area contributed by atoms with Crippen LogP contribution in [0.3, 0.4) is 0 Å². The van der Waals surface area contributed by atoms with Gasteiger partial charge in [0.15, 0.2) is 9.84 Å². The van der Waals surface area contributed by atoms with Crippen LogP contribution in [0.25, 0.3) is 0 Å². The lowest BCUT2D eigenvalue weighted by Gasteiger charge is -2.09. The number of carboxylic acid groups (broad SMARTS) is 1. The highest BCUT2D eigenvalue weighted by molar-refractivity contribution is 7.92. The first-order valence-electron chi connectivity index (χ1n) is 5.47. The van der Waals surface area contributed by atoms with Crippen LogP contribution in [0.4, 0.5) is 5.69 Å². The molecule has 100 valence electrons. The Morgan fingerprint density at radius 1 is 1.50 bits per heavy atom. The first-order chi connectivity index (χ1) is 8.33. The number of aromatic carboxylic acids is 1. The van der Waals surface area contributed by atoms with Crippen molar-refractivity contribution in [1.29, 1.82) is 0 Å². The normalized spacial score (nSPS) is 11.5. The number of nitrogens with one attached hydrogen (secondary N) is 1. The monoisotopic (exact) mass is 272 g/mol. The molecule has 0 aliphatic heterocycles. The van der Waals surface area contributed by atoms with Gasteiger partial charge in [0.2, 0.25) is 0 Å². The topological polar surface area (TPSA) is 96.4 Å². The number of pyridine rings is 1. The van der Waals surface area contributed by atoms with Crippen molar-refractivity contribution >= 4 is 21.5 Å². The van der Waals surface area contributed by atoms with Gasteiger partial charge in [0.25, 0.3) is 0 Å². The lowest BCUT2D eigenvalue weighted by atomic mass is 10.3. The summed E-state index contributed by atoms with van der Waals surface area (Å²) in [7, 11) is -3.09. The quantitative estimate of drug-likeness (QED) is 0.802. The summed E-state index contributed by atoms with van der Waals surface area (Å²) >= 11 is 0. The lowest BCUT2D eigenvalue weighted by molar-refractivity contribution is 0.0690. The Balaban J connectivity index is 2.60. The third-order valence-electron chi connectivity index (χ3n) is 2.41. The van der Waals surface area contributed by atoms with Gasteiger partial charge in [0.1, 0.15) is 5.69 Å². The van der Waals surface area contributed by atoms with Gasteiger partial charge in [-0.3, -0.25) is 0 Å². The highest BCUT2D eigenvalue weighted by Gasteiger charge is 2.15. The number of aromatic nitrogens is 1. The molecule has 0 radical (unpaired) electrons. The van der Waals surface area contributed by atoms with Crippen LogP contribution in [-0.2, 0) is 9.84 Å². The Morgan fingerprint density at radius 3 is 2.72 bits per heavy atom. The van der Waals surface area contributed by atoms with E-state index in [0.29, 0.717) is 5.69 Å². The van der Waals surface area contributed by atoms with Gasteiger partial charge in [0, 0.05) is 18.4 Å². The number of hydrogen-bond donors (Lipinski definition) is 2. The van der Waals surface area contributed by atoms with E-state index in [9.17, 15) is 13.2 Å². The number of hydrogen-bond acceptors (Lipinski definition) is 5. The van der Waals surface area contributed by atoms with Crippen LogP contribution in [0.15, 0.2) is 18.3 Å². The highest BCUT2D eigenvalue weighted by Crippen LogP contribution is 2.08. The fourth-order valence-corrected chi connectivity index (χ4v) is 2.09. The summed E-state index contributed by atoms with van der Waals surface area (Å²) in [5.74, 6) is -1.11. The molecule has 1 heterocycles. The van der Waals surface area contributed by atoms with Crippen molar-refractivity contribution in [2.75, 3.05) is 17.6 Å². The zero-order valence-electron chi connectivity index (χ0n) is 10.3. The number of anilines is 1. The van der Waals surface area contributed by atoms with E-state index in [2.05, 4.69) is 10.3 Å². The summed E-state index contributed by atoms with van der Waals surface area (Å²) in [5, 5.41) is 11.2. The summed E-state index contributed by atoms with van der Waals surface area (Å²) in [6.45, 7) is 3.50. The Bertz CT molecular complexity index is 526. The first kappa shape index (κ1) is 14.4. The lowest BCUT2D eigenvalue weighted by Crippen LogP contribution is -2.23. The minimum Gasteiger partial charge on any atom is -0.477 e. The number of nitrogens with zero attached hydrogens (tertiary/aromatic N) is 1. The molecule has 18 heavy (non-hydrogen) atoms. The summed E-state index contributed by atoms with van der Waals surface area (Å²) in [6, 6.07) is 2.96. The standard InChI is InChI=1S/C11H16N2O4S/c1-8(2)18(16,17)6-5-12-9-3-4-13-10(7-9)11(14)15/h3-4,7-8H,5-6H2,1-2H3,(H,12,13)(H,14,15). The molecule has 6 nitrogen and oxygen atoms in total. The number of sulfone groups is 1. The van der Waals surface area contributed by atoms with Crippen LogP contribution in [0.1, 0.15) is 24.3 Å². The number of carboxylic acids is 1. The molecule has 0 fully saturated rings. The third-order valence-corrected chi connectivity index (χ3v) is 4.62. The van der Waals surface area contributed by atoms with Gasteiger partial charge in [-0.2, -0.15) is 0 Å². The fourth-order valence-electron chi connectivity index (χ4n) is 1.23. The van der Waals surface area contributed by atoms with Gasteiger partial charge >= 0.3 is 5.97 Å². The van der Waals surface area contributed by atoms with Gasteiger partial charge in [-0.05, 0) is 26.0 Å². The average Bonchev–Trinajstić information content (AvgIpc) is 2.29. The maximum absolute atomic E-state index is 11.5. The molecule has 0 aromatic carbocycles. The molecular formula is C11H16N2O4S. The minimum atomic E-state index is -3.09. The van der Waals surface area contributed by atoms with Crippen LogP contribution >= 0.6 is 0 Å². The van der Waals surface area contributed by atoms with E-state index in [4.69, 9.17) is 5.11 Å². The first-order valence-corrected chi connectivity index (χ1v) is 7.19. The molecule has 0 spiro atoms. The maximum Gasteiger partial charge on any atom is 0.354 e. The Hall–Kier alpha value is -1.63. The van der Waals surface area contributed by atoms with E-state index >= 15 is 0 Å². The van der Waals surface area contributed by atoms with Gasteiger partial charge in [-0.15, -0.1) is 0 Å². The van der Waals surface area contributed by atoms with Crippen molar-refractivity contribution in [3.05, 3.63) is 24.0 Å². The minimum absolute atomic E-state index is 0.00932. The van der Waals surface area contributed by atoms with Crippen LogP contribution in [0.5, 0.6) is 0 Å². The van der Waals surface area contributed by atoms with Crippen LogP contribution in [0, 0.1) is 0 Å². The molecule has 0 atom stereocenters. The van der Waals surface area contributed by atoms with Crippen molar-refractivity contribution in [2.45, 2.75) is 19.1 Å². The van der Waals surface area contributed by atoms with Crippen molar-refractivity contribution < 1.29 is 18.3 Å². The van der Waals surface area contributed by atoms with E-state index < -0.39 is 21.1 Å². The molecule has 0 bridgehead atoms. The molecule has 0 saturated carbocycles. The summed E-state index contributed by atoms with van der Waals surface area (Å²) < 4.78 is 23.1. The maximum atomic E-state index is 11.5. The third kappa shape index (κ3) is 3.99. The van der Waals surface area contributed by atoms with Gasteiger partial charge < -0.3 is 10.4 Å². The SMILES string of the molecule is CC(C)S(=O)(=O)CCNc1ccnc(C(=O)O)c1. The molecule has 0 aliphatic rings. The van der Waals surface area contributed by atoms with Crippen molar-refractivity contribution in [1.82, 2.24) is 4.98 Å². The second-order valence-corrected chi connectivity index (χ2v) is 6.75. The van der Waals surface area contributed by atoms with Gasteiger partial charge in [-0.25, -0.2) is 18.2 Å². The molecule has 1 aromatic heterocycles. The predicted octanol–water partition coefficient (Wildman–Crippen LogP) is 1.01. The Labute approximate surface area is 106 Å². The molecule has 0 amide bonds. The second-order valence-electron chi connectivity index (χ2n) is 4.08. The fraction of sp³-hybridized carbons (Fsp3) is 0.455. The van der Waals surface area contributed by atoms with Crippen LogP contribution in [0.2, 0.25) is 0 Å². The number of rotatable bonds is 6. The highest BCUT2D eigenvalue weighted by atomic mass is 32.2. The molecule has 0 unspecified atom stereocenters. The van der Waals surface area contributed by atoms with E-state index in [1.165, 1.54) is 12.3 Å². The summed E-state index contributed by atoms with van der Waals surface area (Å²) in [5.41, 5.74) is 0.466. The van der Waals surface area contributed by atoms with Crippen LogP contribution < -0.4 is 5.32 Å². The predicted molar refractivity (Wildman–Crippen MR) is 68.6 cm³/mol. The Morgan fingerprint density at radius 2 is 2.17 bits per heavy atom. The van der Waals surface area contributed by atoms with Crippen LogP contribution in [-0.4, -0.2) is 42.0 Å². The Kier molecular flexibility index (Phi) is 4.66. The summed E-state index contributed by atoms with van der Waals surface area (Å²) in [6.07, 6.45) is 1.36. The van der Waals surface area contributed by atoms with Crippen molar-refractivity contribution in [3.8, 4) is 0 Å². The van der Waals surface area contributed by atoms with E-state index in [-0.39, 0.29) is 18.0 Å².